The Morgan fingerprint density at radius 2 is 1.78 bits per heavy atom. The average molecular weight is 251 g/mol. The van der Waals surface area contributed by atoms with Crippen molar-refractivity contribution in [3.8, 4) is 0 Å². The molecule has 0 spiro atoms. The second-order valence-electron chi connectivity index (χ2n) is 5.25. The zero-order valence-electron chi connectivity index (χ0n) is 10.7. The normalized spacial score (nSPS) is 11.1. The summed E-state index contributed by atoms with van der Waals surface area (Å²) in [6.07, 6.45) is 0. The Morgan fingerprint density at radius 1 is 1.17 bits per heavy atom. The molecule has 0 aliphatic heterocycles. The maximum Gasteiger partial charge on any atom is 0.338 e. The van der Waals surface area contributed by atoms with Crippen LogP contribution in [-0.4, -0.2) is 28.7 Å². The Bertz CT molecular complexity index is 474. The van der Waals surface area contributed by atoms with Crippen LogP contribution < -0.4 is 5.32 Å². The Balaban J connectivity index is 3.15. The van der Waals surface area contributed by atoms with Crippen molar-refractivity contribution in [3.63, 3.8) is 0 Å². The third-order valence-corrected chi connectivity index (χ3v) is 2.32. The summed E-state index contributed by atoms with van der Waals surface area (Å²) in [6, 6.07) is 4.39. The molecule has 0 atom stereocenters. The lowest BCUT2D eigenvalue weighted by Gasteiger charge is -2.21. The van der Waals surface area contributed by atoms with Gasteiger partial charge in [0.05, 0.1) is 11.1 Å². The van der Waals surface area contributed by atoms with Crippen molar-refractivity contribution in [1.29, 1.82) is 0 Å². The van der Waals surface area contributed by atoms with Crippen molar-refractivity contribution < 1.29 is 19.8 Å². The van der Waals surface area contributed by atoms with Gasteiger partial charge in [0.15, 0.2) is 0 Å². The van der Waals surface area contributed by atoms with Crippen LogP contribution in [0.3, 0.4) is 0 Å². The molecule has 0 bridgehead atoms. The lowest BCUT2D eigenvalue weighted by Crippen LogP contribution is -2.21. The molecule has 0 fully saturated rings. The van der Waals surface area contributed by atoms with E-state index in [4.69, 9.17) is 10.2 Å². The molecule has 0 amide bonds. The van der Waals surface area contributed by atoms with E-state index in [9.17, 15) is 9.59 Å². The lowest BCUT2D eigenvalue weighted by atomic mass is 9.96. The van der Waals surface area contributed by atoms with E-state index in [2.05, 4.69) is 5.32 Å². The standard InChI is InChI=1S/C13H17NO4/c1-13(2,3)7-14-9-6-4-5-8(11(15)16)10(9)12(17)18/h4-6,14H,7H2,1-3H3,(H,15,16)(H,17,18). The Hall–Kier alpha value is -2.04. The number of nitrogens with one attached hydrogen (secondary N) is 1. The van der Waals surface area contributed by atoms with Crippen LogP contribution in [0, 0.1) is 5.41 Å². The molecular formula is C13H17NO4. The van der Waals surface area contributed by atoms with Crippen LogP contribution in [0.2, 0.25) is 0 Å². The summed E-state index contributed by atoms with van der Waals surface area (Å²) < 4.78 is 0. The fourth-order valence-electron chi connectivity index (χ4n) is 1.47. The summed E-state index contributed by atoms with van der Waals surface area (Å²) >= 11 is 0. The molecule has 18 heavy (non-hydrogen) atoms. The first-order valence-electron chi connectivity index (χ1n) is 5.56. The van der Waals surface area contributed by atoms with E-state index in [1.54, 1.807) is 6.07 Å². The van der Waals surface area contributed by atoms with Gasteiger partial charge >= 0.3 is 11.9 Å². The molecule has 0 unspecified atom stereocenters. The minimum absolute atomic E-state index is 0.0327. The van der Waals surface area contributed by atoms with Gasteiger partial charge in [-0.2, -0.15) is 0 Å². The highest BCUT2D eigenvalue weighted by molar-refractivity contribution is 6.05. The average Bonchev–Trinajstić information content (AvgIpc) is 2.24. The van der Waals surface area contributed by atoms with Gasteiger partial charge < -0.3 is 15.5 Å². The van der Waals surface area contributed by atoms with Crippen LogP contribution in [0.4, 0.5) is 5.69 Å². The van der Waals surface area contributed by atoms with E-state index >= 15 is 0 Å². The molecule has 1 rings (SSSR count). The minimum atomic E-state index is -1.25. The van der Waals surface area contributed by atoms with Gasteiger partial charge in [-0.05, 0) is 17.5 Å². The predicted octanol–water partition coefficient (Wildman–Crippen LogP) is 2.54. The number of hydrogen-bond donors (Lipinski definition) is 3. The molecule has 0 radical (unpaired) electrons. The minimum Gasteiger partial charge on any atom is -0.478 e. The number of hydrogen-bond acceptors (Lipinski definition) is 3. The Labute approximate surface area is 105 Å². The molecule has 98 valence electrons. The molecule has 0 aromatic heterocycles. The molecule has 0 heterocycles. The van der Waals surface area contributed by atoms with Gasteiger partial charge in [0.1, 0.15) is 0 Å². The van der Waals surface area contributed by atoms with Crippen molar-refractivity contribution >= 4 is 17.6 Å². The van der Waals surface area contributed by atoms with Crippen LogP contribution in [0.1, 0.15) is 41.5 Å². The smallest absolute Gasteiger partial charge is 0.338 e. The highest BCUT2D eigenvalue weighted by Crippen LogP contribution is 2.22. The van der Waals surface area contributed by atoms with Gasteiger partial charge in [-0.3, -0.25) is 0 Å². The van der Waals surface area contributed by atoms with Gasteiger partial charge in [0, 0.05) is 12.2 Å². The van der Waals surface area contributed by atoms with Crippen LogP contribution >= 0.6 is 0 Å². The molecule has 5 heteroatoms. The van der Waals surface area contributed by atoms with Gasteiger partial charge in [0.25, 0.3) is 0 Å². The van der Waals surface area contributed by atoms with Crippen molar-refractivity contribution in [2.24, 2.45) is 5.41 Å². The van der Waals surface area contributed by atoms with Crippen molar-refractivity contribution in [1.82, 2.24) is 0 Å². The van der Waals surface area contributed by atoms with E-state index in [0.717, 1.165) is 0 Å². The highest BCUT2D eigenvalue weighted by atomic mass is 16.4. The molecule has 3 N–H and O–H groups in total. The number of rotatable bonds is 4. The summed E-state index contributed by atoms with van der Waals surface area (Å²) in [5.41, 5.74) is -0.109. The summed E-state index contributed by atoms with van der Waals surface area (Å²) in [6.45, 7) is 6.56. The number of benzene rings is 1. The van der Waals surface area contributed by atoms with Gasteiger partial charge in [-0.15, -0.1) is 0 Å². The van der Waals surface area contributed by atoms with Crippen LogP contribution in [0.15, 0.2) is 18.2 Å². The second kappa shape index (κ2) is 5.08. The van der Waals surface area contributed by atoms with Crippen LogP contribution in [0.25, 0.3) is 0 Å². The molecule has 0 saturated heterocycles. The lowest BCUT2D eigenvalue weighted by molar-refractivity contribution is 0.0652. The van der Waals surface area contributed by atoms with E-state index in [-0.39, 0.29) is 16.5 Å². The van der Waals surface area contributed by atoms with Crippen LogP contribution in [0.5, 0.6) is 0 Å². The maximum absolute atomic E-state index is 11.2. The number of carboxylic acids is 2. The third-order valence-electron chi connectivity index (χ3n) is 2.32. The molecule has 1 aromatic carbocycles. The molecule has 0 aliphatic carbocycles. The van der Waals surface area contributed by atoms with Gasteiger partial charge in [0.2, 0.25) is 0 Å². The highest BCUT2D eigenvalue weighted by Gasteiger charge is 2.20. The first-order valence-corrected chi connectivity index (χ1v) is 5.56. The first kappa shape index (κ1) is 14.0. The molecular weight excluding hydrogens is 234 g/mol. The largest absolute Gasteiger partial charge is 0.478 e. The van der Waals surface area contributed by atoms with Gasteiger partial charge in [-0.25, -0.2) is 9.59 Å². The summed E-state index contributed by atoms with van der Waals surface area (Å²) in [4.78, 5) is 22.2. The first-order chi connectivity index (χ1) is 8.22. The number of carboxylic acid groups (broad SMARTS) is 2. The van der Waals surface area contributed by atoms with E-state index in [1.165, 1.54) is 12.1 Å². The van der Waals surface area contributed by atoms with Gasteiger partial charge in [-0.1, -0.05) is 26.8 Å². The molecule has 0 aliphatic rings. The van der Waals surface area contributed by atoms with Crippen molar-refractivity contribution in [2.45, 2.75) is 20.8 Å². The second-order valence-corrected chi connectivity index (χ2v) is 5.25. The monoisotopic (exact) mass is 251 g/mol. The quantitative estimate of drug-likeness (QED) is 0.765. The molecule has 1 aromatic rings. The van der Waals surface area contributed by atoms with E-state index in [0.29, 0.717) is 12.2 Å². The fraction of sp³-hybridized carbons (Fsp3) is 0.385. The van der Waals surface area contributed by atoms with Crippen molar-refractivity contribution in [3.05, 3.63) is 29.3 Å². The zero-order chi connectivity index (χ0) is 13.9. The van der Waals surface area contributed by atoms with E-state index in [1.807, 2.05) is 20.8 Å². The van der Waals surface area contributed by atoms with Crippen molar-refractivity contribution in [2.75, 3.05) is 11.9 Å². The predicted molar refractivity (Wildman–Crippen MR) is 68.3 cm³/mol. The number of carbonyl (C=O) groups is 2. The molecule has 0 saturated carbocycles. The number of aromatic carboxylic acids is 2. The Kier molecular flexibility index (Phi) is 3.96. The maximum atomic E-state index is 11.2. The van der Waals surface area contributed by atoms with E-state index < -0.39 is 11.9 Å². The SMILES string of the molecule is CC(C)(C)CNc1cccc(C(=O)O)c1C(=O)O. The zero-order valence-corrected chi connectivity index (χ0v) is 10.7. The summed E-state index contributed by atoms with van der Waals surface area (Å²) in [5, 5.41) is 21.1. The number of anilines is 1. The van der Waals surface area contributed by atoms with Crippen LogP contribution in [-0.2, 0) is 0 Å². The summed E-state index contributed by atoms with van der Waals surface area (Å²) in [7, 11) is 0. The fourth-order valence-corrected chi connectivity index (χ4v) is 1.47. The Morgan fingerprint density at radius 3 is 2.22 bits per heavy atom. The molecule has 5 nitrogen and oxygen atoms in total. The third kappa shape index (κ3) is 3.48. The summed E-state index contributed by atoms with van der Waals surface area (Å²) in [5.74, 6) is -2.49. The topological polar surface area (TPSA) is 86.6 Å².